The summed E-state index contributed by atoms with van der Waals surface area (Å²) in [4.78, 5) is 0. The first-order valence-corrected chi connectivity index (χ1v) is 8.44. The first-order chi connectivity index (χ1) is 10.5. The molecule has 124 valence electrons. The lowest BCUT2D eigenvalue weighted by molar-refractivity contribution is 0.247. The van der Waals surface area contributed by atoms with Crippen LogP contribution in [0.25, 0.3) is 0 Å². The van der Waals surface area contributed by atoms with Gasteiger partial charge in [0.2, 0.25) is 0 Å². The number of hydrogen-bond acceptors (Lipinski definition) is 3. The minimum atomic E-state index is -0.588. The van der Waals surface area contributed by atoms with Crippen molar-refractivity contribution in [2.24, 2.45) is 0 Å². The maximum Gasteiger partial charge on any atom is 0.0937 e. The topological polar surface area (TPSA) is 53.0 Å². The Morgan fingerprint density at radius 3 is 2.77 bits per heavy atom. The molecule has 2 rings (SSSR count). The molecule has 0 amide bonds. The monoisotopic (exact) mass is 306 g/mol. The smallest absolute Gasteiger partial charge is 0.0937 e. The van der Waals surface area contributed by atoms with Crippen LogP contribution in [0.1, 0.15) is 59.3 Å². The molecule has 0 unspecified atom stereocenters. The predicted molar refractivity (Wildman–Crippen MR) is 89.7 cm³/mol. The van der Waals surface area contributed by atoms with Gasteiger partial charge < -0.3 is 14.9 Å². The molecule has 0 radical (unpaired) electrons. The Labute approximate surface area is 134 Å². The van der Waals surface area contributed by atoms with Crippen molar-refractivity contribution in [1.82, 2.24) is 0 Å². The molecule has 1 fully saturated rings. The van der Waals surface area contributed by atoms with Crippen molar-refractivity contribution in [1.29, 1.82) is 0 Å². The zero-order valence-corrected chi connectivity index (χ0v) is 14.1. The van der Waals surface area contributed by atoms with Crippen LogP contribution in [0.2, 0.25) is 0 Å². The fraction of sp³-hybridized carbons (Fsp3) is 0.684. The minimum Gasteiger partial charge on any atom is -0.392 e. The number of aliphatic hydroxyl groups is 2. The lowest BCUT2D eigenvalue weighted by atomic mass is 9.93. The maximum atomic E-state index is 10.5. The van der Waals surface area contributed by atoms with Crippen molar-refractivity contribution >= 4 is 0 Å². The van der Waals surface area contributed by atoms with Gasteiger partial charge >= 0.3 is 0 Å². The second-order valence-electron chi connectivity index (χ2n) is 6.93. The van der Waals surface area contributed by atoms with E-state index in [2.05, 4.69) is 26.0 Å². The van der Waals surface area contributed by atoms with Gasteiger partial charge in [0, 0.05) is 0 Å². The first kappa shape index (κ1) is 17.5. The van der Waals surface area contributed by atoms with E-state index in [4.69, 9.17) is 4.74 Å². The molecular weight excluding hydrogens is 276 g/mol. The molecule has 3 nitrogen and oxygen atoms in total. The van der Waals surface area contributed by atoms with Crippen molar-refractivity contribution in [3.8, 4) is 0 Å². The van der Waals surface area contributed by atoms with Crippen molar-refractivity contribution in [2.45, 2.75) is 77.1 Å². The number of fused-ring (bicyclic) bond motifs is 1. The Morgan fingerprint density at radius 1 is 1.32 bits per heavy atom. The molecule has 0 spiro atoms. The molecule has 0 aromatic rings. The molecule has 2 N–H and O–H groups in total. The van der Waals surface area contributed by atoms with E-state index in [0.29, 0.717) is 6.10 Å². The molecule has 0 bridgehead atoms. The van der Waals surface area contributed by atoms with Crippen LogP contribution in [0.5, 0.6) is 0 Å². The van der Waals surface area contributed by atoms with Crippen LogP contribution in [-0.4, -0.2) is 34.6 Å². The molecule has 2 aliphatic rings. The summed E-state index contributed by atoms with van der Waals surface area (Å²) < 4.78 is 5.87. The van der Waals surface area contributed by atoms with Crippen LogP contribution in [-0.2, 0) is 4.74 Å². The molecule has 3 heteroatoms. The van der Waals surface area contributed by atoms with Gasteiger partial charge in [-0.3, -0.25) is 0 Å². The van der Waals surface area contributed by atoms with Crippen LogP contribution in [0.4, 0.5) is 0 Å². The first-order valence-electron chi connectivity index (χ1n) is 8.44. The lowest BCUT2D eigenvalue weighted by Crippen LogP contribution is -2.12. The van der Waals surface area contributed by atoms with Gasteiger partial charge in [-0.05, 0) is 70.4 Å². The highest BCUT2D eigenvalue weighted by Crippen LogP contribution is 2.43. The Balaban J connectivity index is 2.12. The molecule has 1 saturated heterocycles. The third-order valence-corrected chi connectivity index (χ3v) is 4.98. The van der Waals surface area contributed by atoms with Gasteiger partial charge in [-0.15, -0.1) is 0 Å². The Morgan fingerprint density at radius 2 is 2.05 bits per heavy atom. The molecular formula is C19H30O3. The summed E-state index contributed by atoms with van der Waals surface area (Å²) >= 11 is 0. The summed E-state index contributed by atoms with van der Waals surface area (Å²) in [5, 5.41) is 19.9. The van der Waals surface area contributed by atoms with Crippen LogP contribution >= 0.6 is 0 Å². The molecule has 22 heavy (non-hydrogen) atoms. The van der Waals surface area contributed by atoms with E-state index in [1.165, 1.54) is 5.57 Å². The highest BCUT2D eigenvalue weighted by molar-refractivity contribution is 5.24. The molecule has 1 aliphatic carbocycles. The maximum absolute atomic E-state index is 10.5. The fourth-order valence-electron chi connectivity index (χ4n) is 3.25. The fourth-order valence-corrected chi connectivity index (χ4v) is 3.25. The molecule has 1 heterocycles. The van der Waals surface area contributed by atoms with E-state index in [1.54, 1.807) is 0 Å². The number of aliphatic hydroxyl groups excluding tert-OH is 2. The second-order valence-corrected chi connectivity index (χ2v) is 6.93. The van der Waals surface area contributed by atoms with Crippen LogP contribution in [0.3, 0.4) is 0 Å². The van der Waals surface area contributed by atoms with Gasteiger partial charge in [0.05, 0.1) is 24.4 Å². The standard InChI is InChI=1S/C19H30O3/c1-14-9-10-18-19(3,22-18)11-7-5-4-6-8-16(15(2)13-20)17(21)12-14/h4-5,12,17-18,20-21H,6-11,13H2,1-3H3/b5-4+,14-12+,16-15-/t17-,18-,19+/m0/s1. The summed E-state index contributed by atoms with van der Waals surface area (Å²) in [5.74, 6) is 0. The van der Waals surface area contributed by atoms with Crippen LogP contribution in [0.15, 0.2) is 34.9 Å². The summed E-state index contributed by atoms with van der Waals surface area (Å²) in [6.07, 6.45) is 11.9. The van der Waals surface area contributed by atoms with Gasteiger partial charge in [-0.2, -0.15) is 0 Å². The number of rotatable bonds is 1. The van der Waals surface area contributed by atoms with E-state index < -0.39 is 6.10 Å². The summed E-state index contributed by atoms with van der Waals surface area (Å²) in [6, 6.07) is 0. The van der Waals surface area contributed by atoms with Gasteiger partial charge in [-0.1, -0.05) is 23.8 Å². The lowest BCUT2D eigenvalue weighted by Gasteiger charge is -2.16. The van der Waals surface area contributed by atoms with E-state index in [9.17, 15) is 10.2 Å². The molecule has 0 aromatic heterocycles. The second kappa shape index (κ2) is 7.58. The molecule has 0 saturated carbocycles. The number of hydrogen-bond donors (Lipinski definition) is 2. The van der Waals surface area contributed by atoms with Crippen molar-refractivity contribution in [3.63, 3.8) is 0 Å². The summed E-state index contributed by atoms with van der Waals surface area (Å²) in [6.45, 7) is 6.19. The zero-order valence-electron chi connectivity index (χ0n) is 14.1. The Hall–Kier alpha value is -0.900. The van der Waals surface area contributed by atoms with Gasteiger partial charge in [0.25, 0.3) is 0 Å². The van der Waals surface area contributed by atoms with E-state index in [1.807, 2.05) is 13.0 Å². The molecule has 3 atom stereocenters. The number of ether oxygens (including phenoxy) is 1. The summed E-state index contributed by atoms with van der Waals surface area (Å²) in [7, 11) is 0. The van der Waals surface area contributed by atoms with Crippen molar-refractivity contribution in [3.05, 3.63) is 34.9 Å². The van der Waals surface area contributed by atoms with Crippen LogP contribution in [0, 0.1) is 0 Å². The Bertz CT molecular complexity index is 475. The SMILES string of the molecule is C/C(CO)=C1\CC/C=C/CC[C@@]2(C)O[C@H]2CC/C(C)=C/[C@@H]1O. The highest BCUT2D eigenvalue weighted by Gasteiger charge is 2.50. The van der Waals surface area contributed by atoms with E-state index in [0.717, 1.165) is 49.7 Å². The highest BCUT2D eigenvalue weighted by atomic mass is 16.6. The minimum absolute atomic E-state index is 0.0112. The van der Waals surface area contributed by atoms with Gasteiger partial charge in [0.1, 0.15) is 0 Å². The van der Waals surface area contributed by atoms with Crippen molar-refractivity contribution < 1.29 is 14.9 Å². The van der Waals surface area contributed by atoms with Gasteiger partial charge in [-0.25, -0.2) is 0 Å². The largest absolute Gasteiger partial charge is 0.392 e. The quantitative estimate of drug-likeness (QED) is 0.574. The average molecular weight is 306 g/mol. The molecule has 1 aliphatic heterocycles. The number of epoxide rings is 1. The summed E-state index contributed by atoms with van der Waals surface area (Å²) in [5.41, 5.74) is 3.10. The van der Waals surface area contributed by atoms with Crippen LogP contribution < -0.4 is 0 Å². The van der Waals surface area contributed by atoms with Crippen molar-refractivity contribution in [2.75, 3.05) is 6.61 Å². The zero-order chi connectivity index (χ0) is 16.2. The Kier molecular flexibility index (Phi) is 6.01. The average Bonchev–Trinajstić information content (AvgIpc) is 3.13. The third-order valence-electron chi connectivity index (χ3n) is 4.98. The number of allylic oxidation sites excluding steroid dienone is 3. The van der Waals surface area contributed by atoms with Gasteiger partial charge in [0.15, 0.2) is 0 Å². The van der Waals surface area contributed by atoms with E-state index in [-0.39, 0.29) is 12.2 Å². The third kappa shape index (κ3) is 4.55. The van der Waals surface area contributed by atoms with E-state index >= 15 is 0 Å². The normalized spacial score (nSPS) is 40.0. The molecule has 0 aromatic carbocycles. The predicted octanol–water partition coefficient (Wildman–Crippen LogP) is 3.67.